The van der Waals surface area contributed by atoms with Crippen molar-refractivity contribution in [1.29, 1.82) is 0 Å². The molecular formula is C17H17BrN2O2. The van der Waals surface area contributed by atoms with Crippen LogP contribution in [0.15, 0.2) is 64.2 Å². The van der Waals surface area contributed by atoms with E-state index in [1.54, 1.807) is 6.21 Å². The number of benzene rings is 2. The molecule has 0 spiro atoms. The standard InChI is InChI=1S/C17H17BrN2O2/c18-15-8-4-5-13(11-15)12-19-20-17(22)10-9-16(21)14-6-2-1-3-7-14/h1-8,11-12,16,21H,9-10H2,(H,20,22)/b19-12+/t16-/m1/s1. The smallest absolute Gasteiger partial charge is 0.240 e. The molecule has 0 fully saturated rings. The molecule has 0 saturated heterocycles. The number of nitrogens with zero attached hydrogens (tertiary/aromatic N) is 1. The highest BCUT2D eigenvalue weighted by Crippen LogP contribution is 2.17. The van der Waals surface area contributed by atoms with Crippen LogP contribution in [0.25, 0.3) is 0 Å². The normalized spacial score (nSPS) is 12.3. The summed E-state index contributed by atoms with van der Waals surface area (Å²) in [6.45, 7) is 0. The van der Waals surface area contributed by atoms with Crippen LogP contribution in [-0.4, -0.2) is 17.2 Å². The lowest BCUT2D eigenvalue weighted by Crippen LogP contribution is -2.18. The maximum atomic E-state index is 11.7. The van der Waals surface area contributed by atoms with Crippen molar-refractivity contribution in [3.63, 3.8) is 0 Å². The Kier molecular flexibility index (Phi) is 6.30. The minimum absolute atomic E-state index is 0.214. The van der Waals surface area contributed by atoms with E-state index in [-0.39, 0.29) is 12.3 Å². The second-order valence-corrected chi connectivity index (χ2v) is 5.73. The molecule has 2 aromatic rings. The fourth-order valence-electron chi connectivity index (χ4n) is 1.93. The SMILES string of the molecule is O=C(CC[C@@H](O)c1ccccc1)N/N=C/c1cccc(Br)c1. The predicted octanol–water partition coefficient (Wildman–Crippen LogP) is 3.41. The zero-order valence-corrected chi connectivity index (χ0v) is 13.5. The van der Waals surface area contributed by atoms with Gasteiger partial charge in [-0.05, 0) is 29.7 Å². The Bertz CT molecular complexity index is 644. The molecule has 0 radical (unpaired) electrons. The van der Waals surface area contributed by atoms with Crippen molar-refractivity contribution in [3.05, 3.63) is 70.2 Å². The molecule has 0 aliphatic rings. The van der Waals surface area contributed by atoms with Crippen LogP contribution in [0, 0.1) is 0 Å². The van der Waals surface area contributed by atoms with Crippen LogP contribution in [0.2, 0.25) is 0 Å². The third-order valence-corrected chi connectivity index (χ3v) is 3.57. The van der Waals surface area contributed by atoms with Gasteiger partial charge in [0.05, 0.1) is 12.3 Å². The van der Waals surface area contributed by atoms with Gasteiger partial charge in [-0.3, -0.25) is 4.79 Å². The Morgan fingerprint density at radius 3 is 2.73 bits per heavy atom. The second-order valence-electron chi connectivity index (χ2n) is 4.81. The molecule has 0 heterocycles. The van der Waals surface area contributed by atoms with E-state index in [2.05, 4.69) is 26.5 Å². The summed E-state index contributed by atoms with van der Waals surface area (Å²) in [6, 6.07) is 16.9. The first-order valence-electron chi connectivity index (χ1n) is 6.95. The Hall–Kier alpha value is -1.98. The maximum Gasteiger partial charge on any atom is 0.240 e. The molecule has 1 amide bonds. The molecule has 22 heavy (non-hydrogen) atoms. The van der Waals surface area contributed by atoms with E-state index in [0.717, 1.165) is 15.6 Å². The van der Waals surface area contributed by atoms with Crippen LogP contribution in [0.3, 0.4) is 0 Å². The monoisotopic (exact) mass is 360 g/mol. The van der Waals surface area contributed by atoms with Crippen molar-refractivity contribution in [2.75, 3.05) is 0 Å². The topological polar surface area (TPSA) is 61.7 Å². The van der Waals surface area contributed by atoms with Gasteiger partial charge in [0.25, 0.3) is 0 Å². The van der Waals surface area contributed by atoms with E-state index in [1.807, 2.05) is 54.6 Å². The van der Waals surface area contributed by atoms with Crippen molar-refractivity contribution in [2.24, 2.45) is 5.10 Å². The van der Waals surface area contributed by atoms with Gasteiger partial charge in [0.2, 0.25) is 5.91 Å². The molecule has 2 aromatic carbocycles. The minimum atomic E-state index is -0.638. The average molecular weight is 361 g/mol. The number of carbonyl (C=O) groups excluding carboxylic acids is 1. The summed E-state index contributed by atoms with van der Waals surface area (Å²) in [4.78, 5) is 11.7. The first-order valence-corrected chi connectivity index (χ1v) is 7.75. The van der Waals surface area contributed by atoms with Crippen LogP contribution >= 0.6 is 15.9 Å². The summed E-state index contributed by atoms with van der Waals surface area (Å²) in [5, 5.41) is 13.9. The summed E-state index contributed by atoms with van der Waals surface area (Å²) in [5.41, 5.74) is 4.16. The van der Waals surface area contributed by atoms with Crippen LogP contribution in [0.4, 0.5) is 0 Å². The second kappa shape index (κ2) is 8.46. The summed E-state index contributed by atoms with van der Waals surface area (Å²) in [7, 11) is 0. The molecular weight excluding hydrogens is 344 g/mol. The van der Waals surface area contributed by atoms with Crippen LogP contribution in [-0.2, 0) is 4.79 Å². The Labute approximate surface area is 138 Å². The molecule has 5 heteroatoms. The Morgan fingerprint density at radius 2 is 2.00 bits per heavy atom. The third-order valence-electron chi connectivity index (χ3n) is 3.08. The van der Waals surface area contributed by atoms with Gasteiger partial charge >= 0.3 is 0 Å². The van der Waals surface area contributed by atoms with Crippen molar-refractivity contribution >= 4 is 28.1 Å². The number of halogens is 1. The van der Waals surface area contributed by atoms with Gasteiger partial charge in [0.15, 0.2) is 0 Å². The van der Waals surface area contributed by atoms with Crippen molar-refractivity contribution < 1.29 is 9.90 Å². The van der Waals surface area contributed by atoms with E-state index in [4.69, 9.17) is 0 Å². The van der Waals surface area contributed by atoms with E-state index in [9.17, 15) is 9.90 Å². The average Bonchev–Trinajstić information content (AvgIpc) is 2.53. The molecule has 0 bridgehead atoms. The largest absolute Gasteiger partial charge is 0.388 e. The summed E-state index contributed by atoms with van der Waals surface area (Å²) in [6.07, 6.45) is 1.52. The Balaban J connectivity index is 1.76. The third kappa shape index (κ3) is 5.42. The van der Waals surface area contributed by atoms with Gasteiger partial charge in [0, 0.05) is 10.9 Å². The molecule has 0 unspecified atom stereocenters. The van der Waals surface area contributed by atoms with E-state index < -0.39 is 6.10 Å². The van der Waals surface area contributed by atoms with Crippen LogP contribution in [0.5, 0.6) is 0 Å². The van der Waals surface area contributed by atoms with Crippen LogP contribution in [0.1, 0.15) is 30.1 Å². The van der Waals surface area contributed by atoms with Gasteiger partial charge in [-0.15, -0.1) is 0 Å². The molecule has 0 aliphatic heterocycles. The number of aliphatic hydroxyl groups excluding tert-OH is 1. The number of nitrogens with one attached hydrogen (secondary N) is 1. The van der Waals surface area contributed by atoms with Crippen molar-refractivity contribution in [3.8, 4) is 0 Å². The number of hydrogen-bond acceptors (Lipinski definition) is 3. The van der Waals surface area contributed by atoms with Gasteiger partial charge in [-0.2, -0.15) is 5.10 Å². The van der Waals surface area contributed by atoms with E-state index in [1.165, 1.54) is 0 Å². The van der Waals surface area contributed by atoms with Gasteiger partial charge in [0.1, 0.15) is 0 Å². The number of rotatable bonds is 6. The van der Waals surface area contributed by atoms with Crippen LogP contribution < -0.4 is 5.43 Å². The molecule has 1 atom stereocenters. The maximum absolute atomic E-state index is 11.7. The lowest BCUT2D eigenvalue weighted by Gasteiger charge is -2.09. The van der Waals surface area contributed by atoms with Gasteiger partial charge in [-0.1, -0.05) is 58.4 Å². The quantitative estimate of drug-likeness (QED) is 0.612. The molecule has 0 aliphatic carbocycles. The predicted molar refractivity (Wildman–Crippen MR) is 90.5 cm³/mol. The van der Waals surface area contributed by atoms with E-state index >= 15 is 0 Å². The molecule has 2 rings (SSSR count). The Morgan fingerprint density at radius 1 is 1.23 bits per heavy atom. The fraction of sp³-hybridized carbons (Fsp3) is 0.176. The van der Waals surface area contributed by atoms with Crippen molar-refractivity contribution in [2.45, 2.75) is 18.9 Å². The molecule has 0 saturated carbocycles. The van der Waals surface area contributed by atoms with Gasteiger partial charge in [-0.25, -0.2) is 5.43 Å². The molecule has 0 aromatic heterocycles. The fourth-order valence-corrected chi connectivity index (χ4v) is 2.35. The first kappa shape index (κ1) is 16.4. The highest BCUT2D eigenvalue weighted by Gasteiger charge is 2.09. The zero-order valence-electron chi connectivity index (χ0n) is 11.9. The highest BCUT2D eigenvalue weighted by atomic mass is 79.9. The number of hydrazone groups is 1. The van der Waals surface area contributed by atoms with E-state index in [0.29, 0.717) is 6.42 Å². The molecule has 4 nitrogen and oxygen atoms in total. The summed E-state index contributed by atoms with van der Waals surface area (Å²) >= 11 is 3.37. The lowest BCUT2D eigenvalue weighted by molar-refractivity contribution is -0.121. The molecule has 2 N–H and O–H groups in total. The molecule has 114 valence electrons. The zero-order chi connectivity index (χ0) is 15.8. The van der Waals surface area contributed by atoms with Crippen molar-refractivity contribution in [1.82, 2.24) is 5.43 Å². The summed E-state index contributed by atoms with van der Waals surface area (Å²) in [5.74, 6) is -0.221. The first-order chi connectivity index (χ1) is 10.6. The lowest BCUT2D eigenvalue weighted by atomic mass is 10.1. The number of aliphatic hydroxyl groups is 1. The number of hydrogen-bond donors (Lipinski definition) is 2. The minimum Gasteiger partial charge on any atom is -0.388 e. The highest BCUT2D eigenvalue weighted by molar-refractivity contribution is 9.10. The number of amides is 1. The summed E-state index contributed by atoms with van der Waals surface area (Å²) < 4.78 is 0.953. The number of carbonyl (C=O) groups is 1. The van der Waals surface area contributed by atoms with Gasteiger partial charge < -0.3 is 5.11 Å².